The molecule has 0 fully saturated rings. The van der Waals surface area contributed by atoms with E-state index in [0.29, 0.717) is 19.6 Å². The lowest BCUT2D eigenvalue weighted by atomic mass is 10.1. The van der Waals surface area contributed by atoms with Gasteiger partial charge in [-0.1, -0.05) is 18.2 Å². The van der Waals surface area contributed by atoms with Gasteiger partial charge in [0.2, 0.25) is 0 Å². The molecule has 95 valence electrons. The molecule has 0 aromatic heterocycles. The average molecular weight is 245 g/mol. The third kappa shape index (κ3) is 5.22. The van der Waals surface area contributed by atoms with E-state index in [4.69, 9.17) is 4.74 Å². The number of halogens is 3. The van der Waals surface area contributed by atoms with Gasteiger partial charge in [0.05, 0.1) is 5.56 Å². The van der Waals surface area contributed by atoms with E-state index >= 15 is 0 Å². The van der Waals surface area contributed by atoms with Gasteiger partial charge in [0, 0.05) is 13.2 Å². The maximum atomic E-state index is 12.4. The number of aryl methyl sites for hydroxylation is 1. The number of ether oxygens (including phenoxy) is 1. The Kier molecular flexibility index (Phi) is 5.48. The molecule has 1 radical (unpaired) electrons. The maximum Gasteiger partial charge on any atom is 0.416 e. The first-order valence-corrected chi connectivity index (χ1v) is 5.57. The van der Waals surface area contributed by atoms with Crippen molar-refractivity contribution < 1.29 is 17.9 Å². The molecule has 0 bridgehead atoms. The lowest BCUT2D eigenvalue weighted by molar-refractivity contribution is -0.137. The minimum atomic E-state index is -4.26. The summed E-state index contributed by atoms with van der Waals surface area (Å²) in [6.07, 6.45) is -1.95. The van der Waals surface area contributed by atoms with Crippen LogP contribution in [0.15, 0.2) is 24.3 Å². The van der Waals surface area contributed by atoms with Crippen LogP contribution in [0.5, 0.6) is 0 Å². The first kappa shape index (κ1) is 14.0. The Morgan fingerprint density at radius 3 is 2.59 bits per heavy atom. The van der Waals surface area contributed by atoms with Gasteiger partial charge in [-0.2, -0.15) is 13.2 Å². The second-order valence-electron chi connectivity index (χ2n) is 3.77. The summed E-state index contributed by atoms with van der Waals surface area (Å²) in [7, 11) is 0. The Balaban J connectivity index is 2.44. The van der Waals surface area contributed by atoms with Crippen molar-refractivity contribution in [2.45, 2.75) is 25.4 Å². The van der Waals surface area contributed by atoms with Crippen LogP contribution < -0.4 is 0 Å². The number of rotatable bonds is 6. The van der Waals surface area contributed by atoms with Crippen molar-refractivity contribution in [3.63, 3.8) is 0 Å². The topological polar surface area (TPSA) is 9.23 Å². The fourth-order valence-electron chi connectivity index (χ4n) is 1.54. The van der Waals surface area contributed by atoms with E-state index in [0.717, 1.165) is 24.5 Å². The highest BCUT2D eigenvalue weighted by atomic mass is 19.4. The van der Waals surface area contributed by atoms with Gasteiger partial charge in [-0.25, -0.2) is 0 Å². The fraction of sp³-hybridized carbons (Fsp3) is 0.462. The molecule has 0 heterocycles. The molecule has 0 aliphatic heterocycles. The third-order valence-electron chi connectivity index (χ3n) is 2.40. The smallest absolute Gasteiger partial charge is 0.381 e. The van der Waals surface area contributed by atoms with Crippen LogP contribution in [0.1, 0.15) is 24.0 Å². The highest BCUT2D eigenvalue weighted by Crippen LogP contribution is 2.29. The first-order chi connectivity index (χ1) is 8.04. The molecule has 1 rings (SSSR count). The zero-order valence-electron chi connectivity index (χ0n) is 9.59. The Hall–Kier alpha value is -1.03. The molecule has 0 spiro atoms. The predicted octanol–water partition coefficient (Wildman–Crippen LogP) is 3.88. The lowest BCUT2D eigenvalue weighted by Crippen LogP contribution is -2.05. The van der Waals surface area contributed by atoms with Crippen LogP contribution in [0.25, 0.3) is 0 Å². The van der Waals surface area contributed by atoms with Crippen LogP contribution in [-0.4, -0.2) is 13.2 Å². The van der Waals surface area contributed by atoms with Gasteiger partial charge in [0.1, 0.15) is 0 Å². The summed E-state index contributed by atoms with van der Waals surface area (Å²) in [5.41, 5.74) is 0.137. The van der Waals surface area contributed by atoms with Crippen molar-refractivity contribution >= 4 is 0 Å². The number of unbranched alkanes of at least 4 members (excludes halogenated alkanes) is 1. The minimum Gasteiger partial charge on any atom is -0.381 e. The van der Waals surface area contributed by atoms with E-state index < -0.39 is 11.7 Å². The molecule has 17 heavy (non-hydrogen) atoms. The first-order valence-electron chi connectivity index (χ1n) is 5.57. The van der Waals surface area contributed by atoms with E-state index in [9.17, 15) is 13.2 Å². The summed E-state index contributed by atoms with van der Waals surface area (Å²) >= 11 is 0. The molecule has 1 nitrogen and oxygen atoms in total. The van der Waals surface area contributed by atoms with E-state index in [1.807, 2.05) is 0 Å². The second kappa shape index (κ2) is 6.64. The van der Waals surface area contributed by atoms with Gasteiger partial charge in [-0.3, -0.25) is 0 Å². The van der Waals surface area contributed by atoms with E-state index in [-0.39, 0.29) is 0 Å². The van der Waals surface area contributed by atoms with Crippen molar-refractivity contribution in [1.82, 2.24) is 0 Å². The van der Waals surface area contributed by atoms with Crippen LogP contribution in [0.4, 0.5) is 13.2 Å². The van der Waals surface area contributed by atoms with Gasteiger partial charge in [-0.05, 0) is 37.8 Å². The van der Waals surface area contributed by atoms with Crippen LogP contribution >= 0.6 is 0 Å². The van der Waals surface area contributed by atoms with Crippen molar-refractivity contribution in [3.05, 3.63) is 42.3 Å². The van der Waals surface area contributed by atoms with E-state index in [1.165, 1.54) is 12.1 Å². The Labute approximate surface area is 99.6 Å². The Bertz CT molecular complexity index is 334. The minimum absolute atomic E-state index is 0.434. The second-order valence-corrected chi connectivity index (χ2v) is 3.77. The number of alkyl halides is 3. The SMILES string of the molecule is [CH2]COCCCCc1cccc(C(F)(F)F)c1. The normalized spacial score (nSPS) is 11.8. The Morgan fingerprint density at radius 1 is 1.18 bits per heavy atom. The summed E-state index contributed by atoms with van der Waals surface area (Å²) in [6, 6.07) is 5.47. The average Bonchev–Trinajstić information content (AvgIpc) is 2.28. The molecule has 0 N–H and O–H groups in total. The van der Waals surface area contributed by atoms with Crippen LogP contribution in [0.2, 0.25) is 0 Å². The van der Waals surface area contributed by atoms with Gasteiger partial charge in [0.25, 0.3) is 0 Å². The molecule has 0 unspecified atom stereocenters. The molecule has 0 saturated heterocycles. The fourth-order valence-corrected chi connectivity index (χ4v) is 1.54. The highest BCUT2D eigenvalue weighted by Gasteiger charge is 2.30. The predicted molar refractivity (Wildman–Crippen MR) is 60.6 cm³/mol. The van der Waals surface area contributed by atoms with Gasteiger partial charge < -0.3 is 4.74 Å². The van der Waals surface area contributed by atoms with Gasteiger partial charge >= 0.3 is 6.18 Å². The maximum absolute atomic E-state index is 12.4. The van der Waals surface area contributed by atoms with Crippen LogP contribution in [0.3, 0.4) is 0 Å². The van der Waals surface area contributed by atoms with Crippen molar-refractivity contribution in [2.75, 3.05) is 13.2 Å². The molecule has 0 aliphatic rings. The van der Waals surface area contributed by atoms with Crippen LogP contribution in [-0.2, 0) is 17.3 Å². The van der Waals surface area contributed by atoms with Gasteiger partial charge in [0.15, 0.2) is 0 Å². The molecule has 0 aliphatic carbocycles. The molecule has 0 atom stereocenters. The molecule has 0 amide bonds. The van der Waals surface area contributed by atoms with Crippen molar-refractivity contribution in [1.29, 1.82) is 0 Å². The molecule has 0 saturated carbocycles. The monoisotopic (exact) mass is 245 g/mol. The summed E-state index contributed by atoms with van der Waals surface area (Å²) < 4.78 is 42.3. The lowest BCUT2D eigenvalue weighted by Gasteiger charge is -2.08. The number of hydrogen-bond donors (Lipinski definition) is 0. The van der Waals surface area contributed by atoms with E-state index in [2.05, 4.69) is 6.92 Å². The van der Waals surface area contributed by atoms with Gasteiger partial charge in [-0.15, -0.1) is 0 Å². The Morgan fingerprint density at radius 2 is 1.94 bits per heavy atom. The highest BCUT2D eigenvalue weighted by molar-refractivity contribution is 5.25. The standard InChI is InChI=1S/C13H16F3O/c1-2-17-9-4-3-6-11-7-5-8-12(10-11)13(14,15)16/h5,7-8,10H,1-4,6,9H2. The zero-order valence-corrected chi connectivity index (χ0v) is 9.59. The summed E-state index contributed by atoms with van der Waals surface area (Å²) in [5, 5.41) is 0. The summed E-state index contributed by atoms with van der Waals surface area (Å²) in [6.45, 7) is 4.58. The number of hydrogen-bond acceptors (Lipinski definition) is 1. The molecular weight excluding hydrogens is 229 g/mol. The molecule has 1 aromatic rings. The van der Waals surface area contributed by atoms with Crippen LogP contribution in [0, 0.1) is 6.92 Å². The molecule has 4 heteroatoms. The van der Waals surface area contributed by atoms with Crippen molar-refractivity contribution in [3.8, 4) is 0 Å². The van der Waals surface area contributed by atoms with Crippen molar-refractivity contribution in [2.24, 2.45) is 0 Å². The zero-order chi connectivity index (χ0) is 12.7. The quantitative estimate of drug-likeness (QED) is 0.691. The molecular formula is C13H16F3O. The molecule has 1 aromatic carbocycles. The number of benzene rings is 1. The summed E-state index contributed by atoms with van der Waals surface area (Å²) in [4.78, 5) is 0. The largest absolute Gasteiger partial charge is 0.416 e. The third-order valence-corrected chi connectivity index (χ3v) is 2.40. The van der Waals surface area contributed by atoms with E-state index in [1.54, 1.807) is 6.07 Å². The summed E-state index contributed by atoms with van der Waals surface area (Å²) in [5.74, 6) is 0.